The lowest BCUT2D eigenvalue weighted by Crippen LogP contribution is -2.44. The van der Waals surface area contributed by atoms with Crippen molar-refractivity contribution in [3.8, 4) is 23.0 Å². The van der Waals surface area contributed by atoms with Crippen molar-refractivity contribution in [1.82, 2.24) is 9.47 Å². The highest BCUT2D eigenvalue weighted by atomic mass is 16.5. The summed E-state index contributed by atoms with van der Waals surface area (Å²) in [5, 5.41) is 3.00. The summed E-state index contributed by atoms with van der Waals surface area (Å²) in [7, 11) is 6.27. The molecule has 3 aromatic rings. The van der Waals surface area contributed by atoms with Gasteiger partial charge in [-0.3, -0.25) is 0 Å². The van der Waals surface area contributed by atoms with Crippen LogP contribution in [0.25, 0.3) is 0 Å². The zero-order valence-corrected chi connectivity index (χ0v) is 18.6. The van der Waals surface area contributed by atoms with Gasteiger partial charge in [0.25, 0.3) is 0 Å². The van der Waals surface area contributed by atoms with E-state index in [-0.39, 0.29) is 12.1 Å². The number of aromatic nitrogens is 1. The molecule has 8 heteroatoms. The highest BCUT2D eigenvalue weighted by Crippen LogP contribution is 2.40. The third-order valence-corrected chi connectivity index (χ3v) is 5.65. The largest absolute Gasteiger partial charge is 0.497 e. The number of hydrogen-bond acceptors (Lipinski definition) is 5. The number of methoxy groups -OCH3 is 4. The van der Waals surface area contributed by atoms with Crippen LogP contribution < -0.4 is 24.3 Å². The second-order valence-corrected chi connectivity index (χ2v) is 7.34. The first-order chi connectivity index (χ1) is 15.6. The number of amides is 2. The summed E-state index contributed by atoms with van der Waals surface area (Å²) < 4.78 is 23.7. The monoisotopic (exact) mass is 437 g/mol. The van der Waals surface area contributed by atoms with Crippen molar-refractivity contribution < 1.29 is 23.7 Å². The first-order valence-corrected chi connectivity index (χ1v) is 10.3. The van der Waals surface area contributed by atoms with Crippen LogP contribution in [0.2, 0.25) is 0 Å². The average Bonchev–Trinajstić information content (AvgIpc) is 3.31. The van der Waals surface area contributed by atoms with Crippen molar-refractivity contribution >= 4 is 11.7 Å². The number of nitrogens with one attached hydrogen (secondary N) is 1. The van der Waals surface area contributed by atoms with E-state index in [0.29, 0.717) is 29.5 Å². The summed E-state index contributed by atoms with van der Waals surface area (Å²) in [6.45, 7) is 1.28. The van der Waals surface area contributed by atoms with E-state index in [1.807, 2.05) is 47.5 Å². The van der Waals surface area contributed by atoms with E-state index >= 15 is 0 Å². The third-order valence-electron chi connectivity index (χ3n) is 5.65. The maximum absolute atomic E-state index is 13.4. The molecule has 0 spiro atoms. The molecule has 0 saturated heterocycles. The Morgan fingerprint density at radius 1 is 0.906 bits per heavy atom. The van der Waals surface area contributed by atoms with Gasteiger partial charge >= 0.3 is 6.03 Å². The molecule has 1 aliphatic heterocycles. The van der Waals surface area contributed by atoms with Crippen LogP contribution in [0.3, 0.4) is 0 Å². The van der Waals surface area contributed by atoms with Gasteiger partial charge in [-0.05, 0) is 29.8 Å². The molecule has 2 heterocycles. The number of rotatable bonds is 6. The molecule has 8 nitrogen and oxygen atoms in total. The lowest BCUT2D eigenvalue weighted by atomic mass is 10.00. The van der Waals surface area contributed by atoms with Crippen molar-refractivity contribution in [1.29, 1.82) is 0 Å². The minimum atomic E-state index is -0.230. The first-order valence-electron chi connectivity index (χ1n) is 10.3. The van der Waals surface area contributed by atoms with Crippen molar-refractivity contribution in [3.05, 3.63) is 66.0 Å². The van der Waals surface area contributed by atoms with Crippen LogP contribution in [-0.4, -0.2) is 50.5 Å². The summed E-state index contributed by atoms with van der Waals surface area (Å²) in [5.74, 6) is 2.19. The van der Waals surface area contributed by atoms with Gasteiger partial charge in [-0.1, -0.05) is 12.1 Å². The number of anilines is 1. The number of carbonyl (C=O) groups is 1. The van der Waals surface area contributed by atoms with Crippen molar-refractivity contribution in [2.75, 3.05) is 40.3 Å². The fraction of sp³-hybridized carbons (Fsp3) is 0.292. The van der Waals surface area contributed by atoms with Crippen LogP contribution in [0.15, 0.2) is 54.7 Å². The molecule has 0 bridgehead atoms. The Hall–Kier alpha value is -3.81. The Balaban J connectivity index is 1.66. The molecule has 1 unspecified atom stereocenters. The fourth-order valence-corrected chi connectivity index (χ4v) is 4.09. The highest BCUT2D eigenvalue weighted by Gasteiger charge is 2.32. The predicted octanol–water partition coefficient (Wildman–Crippen LogP) is 4.16. The molecule has 168 valence electrons. The van der Waals surface area contributed by atoms with Gasteiger partial charge in [-0.2, -0.15) is 0 Å². The minimum Gasteiger partial charge on any atom is -0.497 e. The summed E-state index contributed by atoms with van der Waals surface area (Å²) in [4.78, 5) is 15.3. The van der Waals surface area contributed by atoms with E-state index in [0.717, 1.165) is 23.6 Å². The number of ether oxygens (including phenoxy) is 4. The van der Waals surface area contributed by atoms with Gasteiger partial charge in [0.15, 0.2) is 11.5 Å². The van der Waals surface area contributed by atoms with Crippen LogP contribution in [0.4, 0.5) is 10.5 Å². The summed E-state index contributed by atoms with van der Waals surface area (Å²) >= 11 is 0. The average molecular weight is 437 g/mol. The van der Waals surface area contributed by atoms with Gasteiger partial charge in [-0.15, -0.1) is 0 Å². The maximum atomic E-state index is 13.4. The summed E-state index contributed by atoms with van der Waals surface area (Å²) in [5.41, 5.74) is 2.62. The number of urea groups is 1. The van der Waals surface area contributed by atoms with Gasteiger partial charge in [0.05, 0.1) is 40.2 Å². The molecule has 4 rings (SSSR count). The van der Waals surface area contributed by atoms with Gasteiger partial charge in [0.2, 0.25) is 5.75 Å². The van der Waals surface area contributed by atoms with Crippen LogP contribution in [-0.2, 0) is 6.54 Å². The van der Waals surface area contributed by atoms with Crippen LogP contribution in [0.1, 0.15) is 17.3 Å². The number of hydrogen-bond donors (Lipinski definition) is 1. The topological polar surface area (TPSA) is 74.2 Å². The highest BCUT2D eigenvalue weighted by molar-refractivity contribution is 5.91. The quantitative estimate of drug-likeness (QED) is 0.627. The Labute approximate surface area is 187 Å². The van der Waals surface area contributed by atoms with Crippen molar-refractivity contribution in [2.45, 2.75) is 12.6 Å². The number of benzene rings is 2. The van der Waals surface area contributed by atoms with E-state index < -0.39 is 0 Å². The van der Waals surface area contributed by atoms with E-state index in [1.165, 1.54) is 0 Å². The second kappa shape index (κ2) is 9.13. The second-order valence-electron chi connectivity index (χ2n) is 7.34. The molecule has 2 amide bonds. The van der Waals surface area contributed by atoms with E-state index in [2.05, 4.69) is 9.88 Å². The fourth-order valence-electron chi connectivity index (χ4n) is 4.09. The summed E-state index contributed by atoms with van der Waals surface area (Å²) in [6, 6.07) is 14.8. The number of carbonyl (C=O) groups excluding carboxylic acids is 1. The molecule has 0 fully saturated rings. The Bertz CT molecular complexity index is 1070. The van der Waals surface area contributed by atoms with Crippen molar-refractivity contribution in [2.24, 2.45) is 0 Å². The van der Waals surface area contributed by atoms with Gasteiger partial charge in [0, 0.05) is 37.1 Å². The molecule has 0 radical (unpaired) electrons. The van der Waals surface area contributed by atoms with Crippen molar-refractivity contribution in [3.63, 3.8) is 0 Å². The Kier molecular flexibility index (Phi) is 6.11. The zero-order valence-electron chi connectivity index (χ0n) is 18.6. The SMILES string of the molecule is COc1ccc(C2c3cccn3CCN2C(=O)Nc2cc(OC)c(OC)c(OC)c2)cc1. The molecule has 2 aromatic carbocycles. The minimum absolute atomic E-state index is 0.215. The molecule has 1 atom stereocenters. The molecule has 32 heavy (non-hydrogen) atoms. The molecule has 1 N–H and O–H groups in total. The van der Waals surface area contributed by atoms with Gasteiger partial charge in [0.1, 0.15) is 5.75 Å². The molecular formula is C24H27N3O5. The third kappa shape index (κ3) is 3.91. The molecule has 1 aromatic heterocycles. The van der Waals surface area contributed by atoms with Crippen LogP contribution in [0, 0.1) is 0 Å². The van der Waals surface area contributed by atoms with E-state index in [9.17, 15) is 4.79 Å². The predicted molar refractivity (Wildman–Crippen MR) is 121 cm³/mol. The summed E-state index contributed by atoms with van der Waals surface area (Å²) in [6.07, 6.45) is 2.04. The van der Waals surface area contributed by atoms with E-state index in [1.54, 1.807) is 40.6 Å². The Morgan fingerprint density at radius 2 is 1.59 bits per heavy atom. The Morgan fingerprint density at radius 3 is 2.19 bits per heavy atom. The zero-order chi connectivity index (χ0) is 22.7. The lowest BCUT2D eigenvalue weighted by Gasteiger charge is -2.37. The van der Waals surface area contributed by atoms with Gasteiger partial charge in [-0.25, -0.2) is 4.79 Å². The van der Waals surface area contributed by atoms with Gasteiger partial charge < -0.3 is 33.7 Å². The molecule has 0 aliphatic carbocycles. The first kappa shape index (κ1) is 21.4. The lowest BCUT2D eigenvalue weighted by molar-refractivity contribution is 0.182. The number of fused-ring (bicyclic) bond motifs is 1. The normalized spacial score (nSPS) is 15.0. The maximum Gasteiger partial charge on any atom is 0.322 e. The number of nitrogens with zero attached hydrogens (tertiary/aromatic N) is 2. The van der Waals surface area contributed by atoms with Crippen LogP contribution >= 0.6 is 0 Å². The molecular weight excluding hydrogens is 410 g/mol. The van der Waals surface area contributed by atoms with Crippen LogP contribution in [0.5, 0.6) is 23.0 Å². The standard InChI is InChI=1S/C24H27N3O5/c1-29-18-9-7-16(8-10-18)22-19-6-5-11-26(19)12-13-27(22)24(28)25-17-14-20(30-2)23(32-4)21(15-17)31-3/h5-11,14-15,22H,12-13H2,1-4H3,(H,25,28). The smallest absolute Gasteiger partial charge is 0.322 e. The molecule has 0 saturated carbocycles. The van der Waals surface area contributed by atoms with E-state index in [4.69, 9.17) is 18.9 Å². The molecule has 1 aliphatic rings.